The topological polar surface area (TPSA) is 270 Å². The fraction of sp³-hybridized carbons (Fsp3) is 0.556. The third-order valence-corrected chi connectivity index (χ3v) is 7.19. The molecule has 0 aliphatic carbocycles. The summed E-state index contributed by atoms with van der Waals surface area (Å²) in [5.74, 6) is 0. The van der Waals surface area contributed by atoms with Crippen molar-refractivity contribution in [3.63, 3.8) is 0 Å². The molecule has 1 fully saturated rings. The first-order valence-electron chi connectivity index (χ1n) is 7.33. The van der Waals surface area contributed by atoms with Crippen molar-refractivity contribution in [2.24, 2.45) is 5.73 Å². The van der Waals surface area contributed by atoms with Crippen LogP contribution in [0.25, 0.3) is 0 Å². The van der Waals surface area contributed by atoms with Gasteiger partial charge in [-0.3, -0.25) is 24.6 Å². The van der Waals surface area contributed by atoms with E-state index in [2.05, 4.69) is 13.1 Å². The van der Waals surface area contributed by atoms with E-state index in [9.17, 15) is 37.7 Å². The molecule has 0 aromatic carbocycles. The van der Waals surface area contributed by atoms with Crippen molar-refractivity contribution in [1.82, 2.24) is 9.55 Å². The van der Waals surface area contributed by atoms with Crippen LogP contribution in [0.5, 0.6) is 0 Å². The van der Waals surface area contributed by atoms with E-state index in [0.717, 1.165) is 12.3 Å². The lowest BCUT2D eigenvalue weighted by atomic mass is 10.1. The number of rotatable bonds is 8. The van der Waals surface area contributed by atoms with Crippen molar-refractivity contribution in [2.45, 2.75) is 24.2 Å². The Labute approximate surface area is 164 Å². The van der Waals surface area contributed by atoms with Gasteiger partial charge in [0.1, 0.15) is 12.7 Å². The molecule has 2 heterocycles. The molecule has 0 saturated carbocycles. The number of alkyl halides is 1. The fourth-order valence-electron chi connectivity index (χ4n) is 2.23. The zero-order valence-corrected chi connectivity index (χ0v) is 16.9. The number of halogens is 1. The van der Waals surface area contributed by atoms with Crippen molar-refractivity contribution in [1.29, 1.82) is 0 Å². The molecule has 17 nitrogen and oxygen atoms in total. The molecule has 0 radical (unpaired) electrons. The van der Waals surface area contributed by atoms with E-state index in [0.29, 0.717) is 4.57 Å². The number of hydrogen-bond donors (Lipinski definition) is 7. The highest BCUT2D eigenvalue weighted by Gasteiger charge is 2.55. The van der Waals surface area contributed by atoms with Crippen LogP contribution in [0, 0.1) is 0 Å². The Hall–Kier alpha value is -1.10. The summed E-state index contributed by atoms with van der Waals surface area (Å²) in [6, 6.07) is 0.826. The second-order valence-electron chi connectivity index (χ2n) is 5.73. The van der Waals surface area contributed by atoms with Gasteiger partial charge in [0.2, 0.25) is 0 Å². The van der Waals surface area contributed by atoms with E-state index in [4.69, 9.17) is 25.2 Å². The summed E-state index contributed by atoms with van der Waals surface area (Å²) in [6.45, 7) is -1.38. The van der Waals surface area contributed by atoms with E-state index in [1.165, 1.54) is 0 Å². The zero-order chi connectivity index (χ0) is 23.1. The highest BCUT2D eigenvalue weighted by molar-refractivity contribution is 7.66. The summed E-state index contributed by atoms with van der Waals surface area (Å²) < 4.78 is 64.6. The molecular weight excluding hydrogens is 486 g/mol. The van der Waals surface area contributed by atoms with Crippen LogP contribution in [0.15, 0.2) is 21.9 Å². The van der Waals surface area contributed by atoms with Gasteiger partial charge in [-0.1, -0.05) is 0 Å². The van der Waals surface area contributed by atoms with Crippen LogP contribution in [-0.2, 0) is 31.6 Å². The molecule has 2 rings (SSSR count). The Morgan fingerprint density at radius 3 is 2.33 bits per heavy atom. The van der Waals surface area contributed by atoms with Crippen LogP contribution in [0.3, 0.4) is 0 Å². The average Bonchev–Trinajstić information content (AvgIpc) is 2.75. The Balaban J connectivity index is 2.15. The molecule has 0 bridgehead atoms. The van der Waals surface area contributed by atoms with Gasteiger partial charge in [-0.2, -0.15) is 8.62 Å². The summed E-state index contributed by atoms with van der Waals surface area (Å²) in [5.41, 5.74) is 0.992. The molecule has 0 amide bonds. The molecule has 1 saturated heterocycles. The van der Waals surface area contributed by atoms with Gasteiger partial charge in [-0.25, -0.2) is 22.9 Å². The number of aromatic amines is 1. The highest BCUT2D eigenvalue weighted by atomic mass is 31.3. The number of nitrogens with zero attached hydrogens (tertiary/aromatic N) is 1. The fourth-order valence-corrected chi connectivity index (χ4v) is 5.29. The lowest BCUT2D eigenvalue weighted by Crippen LogP contribution is -2.54. The summed E-state index contributed by atoms with van der Waals surface area (Å²) in [6.07, 6.45) is -5.80. The maximum Gasteiger partial charge on any atom is 0.490 e. The Morgan fingerprint density at radius 2 is 1.80 bits per heavy atom. The van der Waals surface area contributed by atoms with Crippen molar-refractivity contribution >= 4 is 23.5 Å². The van der Waals surface area contributed by atoms with Crippen LogP contribution in [0.2, 0.25) is 0 Å². The lowest BCUT2D eigenvalue weighted by molar-refractivity contribution is -0.123. The molecule has 21 heteroatoms. The number of phosphoric ester groups is 1. The quantitative estimate of drug-likeness (QED) is 0.186. The SMILES string of the molecule is N[C@]1(COP(=O)(O)OP(=O)(O)OP(=O)(O)O)O[C@@H](n2ccc(=O)[nH]c2=O)[C@H](F)[C@@H]1O. The van der Waals surface area contributed by atoms with Crippen LogP contribution in [-0.4, -0.2) is 58.8 Å². The van der Waals surface area contributed by atoms with Gasteiger partial charge in [0.15, 0.2) is 18.1 Å². The normalized spacial score (nSPS) is 31.2. The Morgan fingerprint density at radius 1 is 1.20 bits per heavy atom. The van der Waals surface area contributed by atoms with Gasteiger partial charge in [-0.05, 0) is 0 Å². The monoisotopic (exact) mass is 501 g/mol. The average molecular weight is 501 g/mol. The van der Waals surface area contributed by atoms with E-state index >= 15 is 0 Å². The number of aromatic nitrogens is 2. The van der Waals surface area contributed by atoms with E-state index in [-0.39, 0.29) is 0 Å². The lowest BCUT2D eigenvalue weighted by Gasteiger charge is -2.27. The minimum Gasteiger partial charge on any atom is -0.385 e. The molecule has 2 unspecified atom stereocenters. The number of H-pyrrole nitrogens is 1. The smallest absolute Gasteiger partial charge is 0.385 e. The molecule has 0 spiro atoms. The van der Waals surface area contributed by atoms with E-state index in [1.54, 1.807) is 4.98 Å². The maximum absolute atomic E-state index is 14.4. The summed E-state index contributed by atoms with van der Waals surface area (Å²) in [4.78, 5) is 59.9. The number of aliphatic hydroxyl groups is 1. The minimum atomic E-state index is -5.82. The van der Waals surface area contributed by atoms with Crippen LogP contribution >= 0.6 is 23.5 Å². The van der Waals surface area contributed by atoms with Gasteiger partial charge >= 0.3 is 29.2 Å². The van der Waals surface area contributed by atoms with Gasteiger partial charge in [0.05, 0.1) is 0 Å². The third kappa shape index (κ3) is 6.21. The summed E-state index contributed by atoms with van der Waals surface area (Å²) in [5, 5.41) is 9.94. The van der Waals surface area contributed by atoms with Gasteiger partial charge in [0.25, 0.3) is 5.56 Å². The largest absolute Gasteiger partial charge is 0.490 e. The number of aliphatic hydroxyl groups excluding tert-OH is 1. The highest BCUT2D eigenvalue weighted by Crippen LogP contribution is 2.66. The van der Waals surface area contributed by atoms with Crippen molar-refractivity contribution < 1.29 is 60.6 Å². The molecular formula is C9H15FN3O14P3. The number of nitrogens with two attached hydrogens (primary N) is 1. The number of phosphoric acid groups is 3. The molecule has 172 valence electrons. The minimum absolute atomic E-state index is 0.509. The van der Waals surface area contributed by atoms with E-state index in [1.807, 2.05) is 0 Å². The second kappa shape index (κ2) is 8.44. The first-order chi connectivity index (χ1) is 13.4. The van der Waals surface area contributed by atoms with Crippen LogP contribution < -0.4 is 17.0 Å². The van der Waals surface area contributed by atoms with Gasteiger partial charge in [-0.15, -0.1) is 0 Å². The molecule has 30 heavy (non-hydrogen) atoms. The van der Waals surface area contributed by atoms with E-state index < -0.39 is 65.6 Å². The molecule has 8 N–H and O–H groups in total. The predicted octanol–water partition coefficient (Wildman–Crippen LogP) is -2.24. The predicted molar refractivity (Wildman–Crippen MR) is 89.1 cm³/mol. The van der Waals surface area contributed by atoms with Crippen LogP contribution in [0.4, 0.5) is 4.39 Å². The first-order valence-corrected chi connectivity index (χ1v) is 11.9. The van der Waals surface area contributed by atoms with Crippen molar-refractivity contribution in [3.05, 3.63) is 33.1 Å². The number of ether oxygens (including phenoxy) is 1. The summed E-state index contributed by atoms with van der Waals surface area (Å²) >= 11 is 0. The van der Waals surface area contributed by atoms with Crippen molar-refractivity contribution in [3.8, 4) is 0 Å². The first kappa shape index (κ1) is 25.2. The van der Waals surface area contributed by atoms with Crippen molar-refractivity contribution in [2.75, 3.05) is 6.61 Å². The molecule has 1 aliphatic rings. The molecule has 1 aromatic heterocycles. The standard InChI is InChI=1S/C9H15FN3O14P3/c10-5-6(15)9(11,25-7(5)13-2-1-4(14)12-8(13)16)3-24-29(20,21)27-30(22,23)26-28(17,18)19/h1-2,5-7,15H,3,11H2,(H,20,21)(H,22,23)(H,12,14,16)(H2,17,18,19)/t5-,6+,7-,9-/m1/s1. The molecule has 6 atom stereocenters. The second-order valence-corrected chi connectivity index (χ2v) is 10.2. The maximum atomic E-state index is 14.4. The number of nitrogens with one attached hydrogen (secondary N) is 1. The van der Waals surface area contributed by atoms with Gasteiger partial charge in [0, 0.05) is 12.3 Å². The Kier molecular flexibility index (Phi) is 7.08. The number of hydrogen-bond acceptors (Lipinski definition) is 11. The third-order valence-electron chi connectivity index (χ3n) is 3.41. The zero-order valence-electron chi connectivity index (χ0n) is 14.2. The summed E-state index contributed by atoms with van der Waals surface area (Å²) in [7, 11) is -17.1. The van der Waals surface area contributed by atoms with Crippen LogP contribution in [0.1, 0.15) is 6.23 Å². The Bertz CT molecular complexity index is 1050. The molecule has 1 aliphatic heterocycles. The molecule has 1 aromatic rings. The van der Waals surface area contributed by atoms with Gasteiger partial charge < -0.3 is 29.4 Å².